The van der Waals surface area contributed by atoms with Crippen LogP contribution >= 0.6 is 12.4 Å². The van der Waals surface area contributed by atoms with Gasteiger partial charge >= 0.3 is 0 Å². The van der Waals surface area contributed by atoms with E-state index in [-0.39, 0.29) is 18.3 Å². The van der Waals surface area contributed by atoms with Gasteiger partial charge in [0.1, 0.15) is 5.75 Å². The van der Waals surface area contributed by atoms with Crippen molar-refractivity contribution in [3.63, 3.8) is 0 Å². The number of amides is 1. The van der Waals surface area contributed by atoms with Gasteiger partial charge in [-0.3, -0.25) is 4.79 Å². The summed E-state index contributed by atoms with van der Waals surface area (Å²) in [6.07, 6.45) is 1.01. The molecule has 0 saturated carbocycles. The van der Waals surface area contributed by atoms with Crippen LogP contribution in [0.15, 0.2) is 24.3 Å². The molecule has 0 bridgehead atoms. The van der Waals surface area contributed by atoms with E-state index < -0.39 is 0 Å². The summed E-state index contributed by atoms with van der Waals surface area (Å²) >= 11 is 0. The third kappa shape index (κ3) is 3.15. The van der Waals surface area contributed by atoms with Crippen molar-refractivity contribution in [2.75, 3.05) is 26.7 Å². The summed E-state index contributed by atoms with van der Waals surface area (Å²) in [6, 6.07) is 7.22. The maximum absolute atomic E-state index is 12.2. The number of hydrogen-bond donors (Lipinski definition) is 1. The molecular weight excluding hydrogens is 252 g/mol. The van der Waals surface area contributed by atoms with E-state index in [1.807, 2.05) is 17.0 Å². The molecule has 4 nitrogen and oxygen atoms in total. The van der Waals surface area contributed by atoms with Crippen molar-refractivity contribution in [2.24, 2.45) is 11.7 Å². The molecule has 1 aromatic carbocycles. The van der Waals surface area contributed by atoms with Gasteiger partial charge in [0.15, 0.2) is 0 Å². The average Bonchev–Trinajstić information content (AvgIpc) is 2.87. The number of methoxy groups -OCH3 is 1. The molecule has 1 aliphatic rings. The Labute approximate surface area is 114 Å². The number of hydrogen-bond acceptors (Lipinski definition) is 3. The van der Waals surface area contributed by atoms with Crippen molar-refractivity contribution in [1.29, 1.82) is 0 Å². The molecule has 1 aromatic rings. The van der Waals surface area contributed by atoms with E-state index in [1.54, 1.807) is 19.2 Å². The zero-order valence-electron chi connectivity index (χ0n) is 10.5. The Balaban J connectivity index is 0.00000162. The molecule has 1 heterocycles. The first-order chi connectivity index (χ1) is 8.24. The first-order valence-corrected chi connectivity index (χ1v) is 5.88. The Bertz CT molecular complexity index is 394. The Morgan fingerprint density at radius 1 is 1.44 bits per heavy atom. The van der Waals surface area contributed by atoms with E-state index in [0.29, 0.717) is 18.0 Å². The fraction of sp³-hybridized carbons (Fsp3) is 0.462. The van der Waals surface area contributed by atoms with E-state index in [0.717, 1.165) is 25.3 Å². The molecule has 1 amide bonds. The minimum absolute atomic E-state index is 0. The summed E-state index contributed by atoms with van der Waals surface area (Å²) in [4.78, 5) is 14.0. The maximum atomic E-state index is 12.2. The lowest BCUT2D eigenvalue weighted by molar-refractivity contribution is 0.0787. The highest BCUT2D eigenvalue weighted by Gasteiger charge is 2.25. The Kier molecular flexibility index (Phi) is 5.44. The summed E-state index contributed by atoms with van der Waals surface area (Å²) in [5, 5.41) is 0. The van der Waals surface area contributed by atoms with Gasteiger partial charge in [0.05, 0.1) is 7.11 Å². The van der Waals surface area contributed by atoms with Gasteiger partial charge in [-0.15, -0.1) is 12.4 Å². The largest absolute Gasteiger partial charge is 0.497 e. The lowest BCUT2D eigenvalue weighted by Crippen LogP contribution is -2.29. The van der Waals surface area contributed by atoms with Gasteiger partial charge in [0.25, 0.3) is 5.91 Å². The zero-order valence-corrected chi connectivity index (χ0v) is 11.3. The van der Waals surface area contributed by atoms with Gasteiger partial charge in [-0.1, -0.05) is 0 Å². The second-order valence-corrected chi connectivity index (χ2v) is 4.37. The highest BCUT2D eigenvalue weighted by molar-refractivity contribution is 5.94. The predicted octanol–water partition coefficient (Wildman–Crippen LogP) is 1.54. The molecule has 0 aliphatic carbocycles. The van der Waals surface area contributed by atoms with Gasteiger partial charge < -0.3 is 15.4 Å². The second-order valence-electron chi connectivity index (χ2n) is 4.37. The second kappa shape index (κ2) is 6.61. The van der Waals surface area contributed by atoms with Gasteiger partial charge in [-0.05, 0) is 43.1 Å². The molecule has 1 fully saturated rings. The van der Waals surface area contributed by atoms with Crippen molar-refractivity contribution >= 4 is 18.3 Å². The van der Waals surface area contributed by atoms with E-state index >= 15 is 0 Å². The molecule has 0 spiro atoms. The van der Waals surface area contributed by atoms with Crippen LogP contribution < -0.4 is 10.5 Å². The smallest absolute Gasteiger partial charge is 0.253 e. The molecule has 5 heteroatoms. The van der Waals surface area contributed by atoms with Crippen molar-refractivity contribution in [1.82, 2.24) is 4.90 Å². The van der Waals surface area contributed by atoms with Crippen LogP contribution in [0.1, 0.15) is 16.8 Å². The fourth-order valence-electron chi connectivity index (χ4n) is 2.13. The highest BCUT2D eigenvalue weighted by atomic mass is 35.5. The Morgan fingerprint density at radius 2 is 2.11 bits per heavy atom. The first-order valence-electron chi connectivity index (χ1n) is 5.88. The van der Waals surface area contributed by atoms with Crippen molar-refractivity contribution in [3.05, 3.63) is 29.8 Å². The van der Waals surface area contributed by atoms with E-state index in [1.165, 1.54) is 0 Å². The summed E-state index contributed by atoms with van der Waals surface area (Å²) in [5.41, 5.74) is 6.33. The number of rotatable bonds is 3. The minimum atomic E-state index is 0. The van der Waals surface area contributed by atoms with Crippen molar-refractivity contribution < 1.29 is 9.53 Å². The molecule has 1 atom stereocenters. The third-order valence-electron chi connectivity index (χ3n) is 3.24. The molecule has 18 heavy (non-hydrogen) atoms. The van der Waals surface area contributed by atoms with Crippen LogP contribution in [-0.2, 0) is 0 Å². The molecule has 1 unspecified atom stereocenters. The van der Waals surface area contributed by atoms with Crippen LogP contribution in [0.3, 0.4) is 0 Å². The van der Waals surface area contributed by atoms with Crippen LogP contribution in [-0.4, -0.2) is 37.6 Å². The molecule has 1 aliphatic heterocycles. The van der Waals surface area contributed by atoms with E-state index in [4.69, 9.17) is 10.5 Å². The number of benzene rings is 1. The number of likely N-dealkylation sites (tertiary alicyclic amines) is 1. The fourth-order valence-corrected chi connectivity index (χ4v) is 2.13. The van der Waals surface area contributed by atoms with Crippen LogP contribution in [0.25, 0.3) is 0 Å². The predicted molar refractivity (Wildman–Crippen MR) is 73.3 cm³/mol. The standard InChI is InChI=1S/C13H18N2O2.ClH/c1-17-12-4-2-11(3-5-12)13(16)15-7-6-10(8-14)9-15;/h2-5,10H,6-9,14H2,1H3;1H. The zero-order chi connectivity index (χ0) is 12.3. The molecule has 2 N–H and O–H groups in total. The normalized spacial score (nSPS) is 18.3. The lowest BCUT2D eigenvalue weighted by Gasteiger charge is -2.16. The topological polar surface area (TPSA) is 55.6 Å². The van der Waals surface area contributed by atoms with Gasteiger partial charge in [0.2, 0.25) is 0 Å². The molecule has 0 radical (unpaired) electrons. The number of carbonyl (C=O) groups is 1. The minimum Gasteiger partial charge on any atom is -0.497 e. The van der Waals surface area contributed by atoms with Crippen LogP contribution in [0, 0.1) is 5.92 Å². The van der Waals surface area contributed by atoms with Gasteiger partial charge in [0, 0.05) is 18.7 Å². The van der Waals surface area contributed by atoms with E-state index in [9.17, 15) is 4.79 Å². The molecule has 1 saturated heterocycles. The van der Waals surface area contributed by atoms with Crippen molar-refractivity contribution in [2.45, 2.75) is 6.42 Å². The van der Waals surface area contributed by atoms with Gasteiger partial charge in [-0.25, -0.2) is 0 Å². The number of nitrogens with two attached hydrogens (primary N) is 1. The lowest BCUT2D eigenvalue weighted by atomic mass is 10.1. The molecule has 0 aromatic heterocycles. The number of nitrogens with zero attached hydrogens (tertiary/aromatic N) is 1. The third-order valence-corrected chi connectivity index (χ3v) is 3.24. The summed E-state index contributed by atoms with van der Waals surface area (Å²) in [6.45, 7) is 2.25. The monoisotopic (exact) mass is 270 g/mol. The summed E-state index contributed by atoms with van der Waals surface area (Å²) in [5.74, 6) is 1.31. The maximum Gasteiger partial charge on any atom is 0.253 e. The highest BCUT2D eigenvalue weighted by Crippen LogP contribution is 2.19. The molecular formula is C13H19ClN2O2. The van der Waals surface area contributed by atoms with Crippen LogP contribution in [0.4, 0.5) is 0 Å². The quantitative estimate of drug-likeness (QED) is 0.906. The number of ether oxygens (including phenoxy) is 1. The van der Waals surface area contributed by atoms with Crippen LogP contribution in [0.5, 0.6) is 5.75 Å². The van der Waals surface area contributed by atoms with Crippen molar-refractivity contribution in [3.8, 4) is 5.75 Å². The van der Waals surface area contributed by atoms with Crippen LogP contribution in [0.2, 0.25) is 0 Å². The average molecular weight is 271 g/mol. The van der Waals surface area contributed by atoms with Gasteiger partial charge in [-0.2, -0.15) is 0 Å². The summed E-state index contributed by atoms with van der Waals surface area (Å²) in [7, 11) is 1.61. The SMILES string of the molecule is COc1ccc(C(=O)N2CCC(CN)C2)cc1.Cl. The Hall–Kier alpha value is -1.26. The molecule has 100 valence electrons. The number of carbonyl (C=O) groups excluding carboxylic acids is 1. The Morgan fingerprint density at radius 3 is 2.61 bits per heavy atom. The molecule has 2 rings (SSSR count). The number of halogens is 1. The van der Waals surface area contributed by atoms with E-state index in [2.05, 4.69) is 0 Å². The first kappa shape index (κ1) is 14.8. The summed E-state index contributed by atoms with van der Waals surface area (Å²) < 4.78 is 5.07.